The summed E-state index contributed by atoms with van der Waals surface area (Å²) in [5.41, 5.74) is 1.99. The zero-order valence-electron chi connectivity index (χ0n) is 15.3. The summed E-state index contributed by atoms with van der Waals surface area (Å²) in [6.45, 7) is 6.57. The van der Waals surface area contributed by atoms with E-state index in [4.69, 9.17) is 27.9 Å². The first-order valence-corrected chi connectivity index (χ1v) is 9.33. The zero-order chi connectivity index (χ0) is 19.7. The van der Waals surface area contributed by atoms with Crippen LogP contribution in [-0.4, -0.2) is 18.4 Å². The summed E-state index contributed by atoms with van der Waals surface area (Å²) < 4.78 is 5.65. The minimum Gasteiger partial charge on any atom is -0.493 e. The molecule has 0 saturated heterocycles. The molecule has 0 spiro atoms. The Kier molecular flexibility index (Phi) is 5.59. The van der Waals surface area contributed by atoms with E-state index in [1.807, 2.05) is 6.92 Å². The summed E-state index contributed by atoms with van der Waals surface area (Å²) in [5.74, 6) is 0.0753. The van der Waals surface area contributed by atoms with Gasteiger partial charge in [-0.15, -0.1) is 0 Å². The summed E-state index contributed by atoms with van der Waals surface area (Å²) in [5, 5.41) is 0.372. The molecule has 2 aromatic carbocycles. The molecular weight excluding hydrogens is 385 g/mol. The topological polar surface area (TPSA) is 46.6 Å². The number of carbonyl (C=O) groups is 2. The molecule has 0 N–H and O–H groups in total. The average molecular weight is 404 g/mol. The van der Waals surface area contributed by atoms with E-state index in [1.54, 1.807) is 42.5 Å². The maximum Gasteiger partial charge on any atom is 0.277 e. The smallest absolute Gasteiger partial charge is 0.277 e. The van der Waals surface area contributed by atoms with E-state index in [2.05, 4.69) is 13.8 Å². The van der Waals surface area contributed by atoms with Gasteiger partial charge in [-0.1, -0.05) is 55.2 Å². The maximum absolute atomic E-state index is 12.9. The van der Waals surface area contributed by atoms with Crippen molar-refractivity contribution in [3.63, 3.8) is 0 Å². The average Bonchev–Trinajstić information content (AvgIpc) is 2.85. The first-order chi connectivity index (χ1) is 12.8. The van der Waals surface area contributed by atoms with Gasteiger partial charge in [-0.3, -0.25) is 9.59 Å². The van der Waals surface area contributed by atoms with Gasteiger partial charge in [0.1, 0.15) is 10.8 Å². The van der Waals surface area contributed by atoms with Gasteiger partial charge < -0.3 is 4.74 Å². The standard InChI is InChI=1S/C21H19Cl2NO3/c1-12(2)11-27-16-8-5-14(6-9-16)18-19(23)21(26)24(20(18)25)15-7-4-13(3)17(22)10-15/h4-10,12H,11H2,1-3H3. The molecule has 140 valence electrons. The number of halogens is 2. The Balaban J connectivity index is 1.89. The van der Waals surface area contributed by atoms with Crippen LogP contribution in [-0.2, 0) is 9.59 Å². The molecule has 0 aromatic heterocycles. The van der Waals surface area contributed by atoms with Gasteiger partial charge in [-0.25, -0.2) is 4.90 Å². The summed E-state index contributed by atoms with van der Waals surface area (Å²) in [4.78, 5) is 26.5. The van der Waals surface area contributed by atoms with Crippen LogP contribution in [0.2, 0.25) is 5.02 Å². The van der Waals surface area contributed by atoms with E-state index in [-0.39, 0.29) is 10.6 Å². The van der Waals surface area contributed by atoms with E-state index in [1.165, 1.54) is 0 Å². The van der Waals surface area contributed by atoms with Crippen molar-refractivity contribution in [3.8, 4) is 5.75 Å². The number of anilines is 1. The van der Waals surface area contributed by atoms with Crippen molar-refractivity contribution in [3.05, 3.63) is 63.6 Å². The number of amides is 2. The highest BCUT2D eigenvalue weighted by Crippen LogP contribution is 2.36. The molecule has 2 aromatic rings. The Bertz CT molecular complexity index is 933. The molecular formula is C21H19Cl2NO3. The maximum atomic E-state index is 12.9. The predicted molar refractivity (Wildman–Crippen MR) is 108 cm³/mol. The fraction of sp³-hybridized carbons (Fsp3) is 0.238. The summed E-state index contributed by atoms with van der Waals surface area (Å²) in [6, 6.07) is 12.0. The number of benzene rings is 2. The normalized spacial score (nSPS) is 14.5. The quantitative estimate of drug-likeness (QED) is 0.643. The molecule has 0 bridgehead atoms. The van der Waals surface area contributed by atoms with E-state index >= 15 is 0 Å². The Morgan fingerprint density at radius 3 is 2.26 bits per heavy atom. The highest BCUT2D eigenvalue weighted by atomic mass is 35.5. The molecule has 1 aliphatic rings. The molecule has 0 saturated carbocycles. The van der Waals surface area contributed by atoms with Crippen LogP contribution in [0.25, 0.3) is 5.57 Å². The number of rotatable bonds is 5. The first-order valence-electron chi connectivity index (χ1n) is 8.57. The summed E-state index contributed by atoms with van der Waals surface area (Å²) >= 11 is 12.4. The number of hydrogen-bond acceptors (Lipinski definition) is 3. The van der Waals surface area contributed by atoms with Crippen molar-refractivity contribution < 1.29 is 14.3 Å². The van der Waals surface area contributed by atoms with E-state index < -0.39 is 11.8 Å². The molecule has 0 fully saturated rings. The lowest BCUT2D eigenvalue weighted by atomic mass is 10.1. The monoisotopic (exact) mass is 403 g/mol. The Labute approximate surface area is 168 Å². The number of carbonyl (C=O) groups excluding carboxylic acids is 2. The minimum absolute atomic E-state index is 0.104. The van der Waals surface area contributed by atoms with Crippen molar-refractivity contribution in [1.29, 1.82) is 0 Å². The van der Waals surface area contributed by atoms with Crippen molar-refractivity contribution in [2.45, 2.75) is 20.8 Å². The molecule has 0 aliphatic carbocycles. The Morgan fingerprint density at radius 1 is 1.00 bits per heavy atom. The molecule has 3 rings (SSSR count). The second-order valence-corrected chi connectivity index (χ2v) is 7.58. The third kappa shape index (κ3) is 3.87. The molecule has 0 atom stereocenters. The number of ether oxygens (including phenoxy) is 1. The van der Waals surface area contributed by atoms with E-state index in [9.17, 15) is 9.59 Å². The third-order valence-electron chi connectivity index (χ3n) is 4.17. The van der Waals surface area contributed by atoms with Crippen LogP contribution in [0.1, 0.15) is 25.0 Å². The number of imide groups is 1. The van der Waals surface area contributed by atoms with Crippen molar-refractivity contribution in [1.82, 2.24) is 0 Å². The Morgan fingerprint density at radius 2 is 1.67 bits per heavy atom. The van der Waals surface area contributed by atoms with Gasteiger partial charge >= 0.3 is 0 Å². The van der Waals surface area contributed by atoms with Crippen LogP contribution < -0.4 is 9.64 Å². The second kappa shape index (κ2) is 7.75. The van der Waals surface area contributed by atoms with Gasteiger partial charge in [0, 0.05) is 5.02 Å². The molecule has 1 aliphatic heterocycles. The molecule has 4 nitrogen and oxygen atoms in total. The molecule has 27 heavy (non-hydrogen) atoms. The number of aryl methyl sites for hydroxylation is 1. The molecule has 1 heterocycles. The first kappa shape index (κ1) is 19.5. The molecule has 2 amide bonds. The van der Waals surface area contributed by atoms with Crippen molar-refractivity contribution in [2.24, 2.45) is 5.92 Å². The number of nitrogens with zero attached hydrogens (tertiary/aromatic N) is 1. The highest BCUT2D eigenvalue weighted by Gasteiger charge is 2.39. The van der Waals surface area contributed by atoms with Crippen molar-refractivity contribution >= 4 is 46.3 Å². The highest BCUT2D eigenvalue weighted by molar-refractivity contribution is 6.60. The SMILES string of the molecule is Cc1ccc(N2C(=O)C(Cl)=C(c3ccc(OCC(C)C)cc3)C2=O)cc1Cl. The van der Waals surface area contributed by atoms with Gasteiger partial charge in [0.15, 0.2) is 0 Å². The lowest BCUT2D eigenvalue weighted by molar-refractivity contribution is -0.119. The fourth-order valence-electron chi connectivity index (χ4n) is 2.69. The van der Waals surface area contributed by atoms with Gasteiger partial charge in [0.25, 0.3) is 11.8 Å². The van der Waals surface area contributed by atoms with Crippen LogP contribution in [0.3, 0.4) is 0 Å². The number of hydrogen-bond donors (Lipinski definition) is 0. The molecule has 6 heteroatoms. The van der Waals surface area contributed by atoms with Gasteiger partial charge in [0.05, 0.1) is 17.9 Å². The van der Waals surface area contributed by atoms with Gasteiger partial charge in [-0.2, -0.15) is 0 Å². The summed E-state index contributed by atoms with van der Waals surface area (Å²) in [7, 11) is 0. The van der Waals surface area contributed by atoms with Crippen LogP contribution in [0.4, 0.5) is 5.69 Å². The lowest BCUT2D eigenvalue weighted by Gasteiger charge is -2.16. The summed E-state index contributed by atoms with van der Waals surface area (Å²) in [6.07, 6.45) is 0. The third-order valence-corrected chi connectivity index (χ3v) is 4.93. The molecule has 0 radical (unpaired) electrons. The predicted octanol–water partition coefficient (Wildman–Crippen LogP) is 5.21. The van der Waals surface area contributed by atoms with E-state index in [0.29, 0.717) is 34.5 Å². The lowest BCUT2D eigenvalue weighted by Crippen LogP contribution is -2.31. The molecule has 0 unspecified atom stereocenters. The zero-order valence-corrected chi connectivity index (χ0v) is 16.8. The van der Waals surface area contributed by atoms with Crippen LogP contribution in [0.5, 0.6) is 5.75 Å². The van der Waals surface area contributed by atoms with Crippen molar-refractivity contribution in [2.75, 3.05) is 11.5 Å². The largest absolute Gasteiger partial charge is 0.493 e. The van der Waals surface area contributed by atoms with Gasteiger partial charge in [-0.05, 0) is 48.2 Å². The second-order valence-electron chi connectivity index (χ2n) is 6.80. The van der Waals surface area contributed by atoms with Crippen LogP contribution in [0.15, 0.2) is 47.5 Å². The van der Waals surface area contributed by atoms with Crippen LogP contribution >= 0.6 is 23.2 Å². The van der Waals surface area contributed by atoms with Crippen LogP contribution in [0, 0.1) is 12.8 Å². The fourth-order valence-corrected chi connectivity index (χ4v) is 3.14. The minimum atomic E-state index is -0.559. The Hall–Kier alpha value is -2.30. The van der Waals surface area contributed by atoms with Gasteiger partial charge in [0.2, 0.25) is 0 Å². The van der Waals surface area contributed by atoms with E-state index in [0.717, 1.165) is 10.5 Å².